The molecule has 0 aliphatic rings. The Morgan fingerprint density at radius 1 is 1.31 bits per heavy atom. The van der Waals surface area contributed by atoms with Crippen molar-refractivity contribution in [1.82, 2.24) is 5.48 Å². The number of ether oxygens (including phenoxy) is 1. The third-order valence-corrected chi connectivity index (χ3v) is 1.74. The number of methoxy groups -OCH3 is 1. The van der Waals surface area contributed by atoms with E-state index in [1.807, 2.05) is 5.48 Å². The van der Waals surface area contributed by atoms with Gasteiger partial charge in [0.25, 0.3) is 5.91 Å². The van der Waals surface area contributed by atoms with Crippen LogP contribution in [0.5, 0.6) is 0 Å². The maximum atomic E-state index is 13.1. The molecule has 16 heavy (non-hydrogen) atoms. The molecule has 0 bridgehead atoms. The van der Waals surface area contributed by atoms with Gasteiger partial charge in [0.1, 0.15) is 17.2 Å². The highest BCUT2D eigenvalue weighted by Crippen LogP contribution is 2.11. The first-order valence-electron chi connectivity index (χ1n) is 4.52. The zero-order valence-electron chi connectivity index (χ0n) is 8.63. The first-order valence-corrected chi connectivity index (χ1v) is 4.52. The molecule has 1 N–H and O–H groups in total. The van der Waals surface area contributed by atoms with Crippen molar-refractivity contribution in [3.05, 3.63) is 35.4 Å². The summed E-state index contributed by atoms with van der Waals surface area (Å²) in [6, 6.07) is 3.16. The van der Waals surface area contributed by atoms with Crippen LogP contribution in [0.3, 0.4) is 0 Å². The zero-order valence-corrected chi connectivity index (χ0v) is 8.63. The number of carbonyl (C=O) groups is 1. The van der Waals surface area contributed by atoms with E-state index in [1.54, 1.807) is 0 Å². The molecular weight excluding hydrogens is 220 g/mol. The van der Waals surface area contributed by atoms with E-state index in [-0.39, 0.29) is 13.2 Å². The summed E-state index contributed by atoms with van der Waals surface area (Å²) in [5.41, 5.74) is 1.25. The Bertz CT molecular complexity index is 351. The van der Waals surface area contributed by atoms with Crippen molar-refractivity contribution in [2.24, 2.45) is 0 Å². The lowest BCUT2D eigenvalue weighted by atomic mass is 10.2. The van der Waals surface area contributed by atoms with Crippen LogP contribution in [0, 0.1) is 11.6 Å². The average Bonchev–Trinajstić information content (AvgIpc) is 2.24. The monoisotopic (exact) mass is 231 g/mol. The van der Waals surface area contributed by atoms with Crippen molar-refractivity contribution in [3.63, 3.8) is 0 Å². The molecule has 1 rings (SSSR count). The summed E-state index contributed by atoms with van der Waals surface area (Å²) in [4.78, 5) is 15.9. The predicted octanol–water partition coefficient (Wildman–Crippen LogP) is 1.27. The van der Waals surface area contributed by atoms with Crippen LogP contribution in [0.4, 0.5) is 8.78 Å². The lowest BCUT2D eigenvalue weighted by Gasteiger charge is -2.06. The van der Waals surface area contributed by atoms with E-state index in [2.05, 4.69) is 9.57 Å². The Balaban J connectivity index is 2.59. The van der Waals surface area contributed by atoms with Gasteiger partial charge >= 0.3 is 0 Å². The molecule has 1 amide bonds. The molecule has 0 aliphatic carbocycles. The van der Waals surface area contributed by atoms with Crippen LogP contribution in [0.25, 0.3) is 0 Å². The molecule has 0 spiro atoms. The second-order valence-corrected chi connectivity index (χ2v) is 2.87. The van der Waals surface area contributed by atoms with Crippen molar-refractivity contribution < 1.29 is 23.1 Å². The number of amides is 1. The molecule has 88 valence electrons. The smallest absolute Gasteiger partial charge is 0.280 e. The second-order valence-electron chi connectivity index (χ2n) is 2.87. The van der Waals surface area contributed by atoms with Gasteiger partial charge in [0.15, 0.2) is 0 Å². The number of halogens is 2. The molecule has 0 heterocycles. The summed E-state index contributed by atoms with van der Waals surface area (Å²) in [6.07, 6.45) is 0. The van der Waals surface area contributed by atoms with Gasteiger partial charge in [-0.05, 0) is 12.1 Å². The minimum absolute atomic E-state index is 0.0955. The molecule has 0 saturated carbocycles. The van der Waals surface area contributed by atoms with Gasteiger partial charge in [0.2, 0.25) is 0 Å². The summed E-state index contributed by atoms with van der Waals surface area (Å²) in [5.74, 6) is -2.84. The highest BCUT2D eigenvalue weighted by Gasteiger charge is 2.16. The Kier molecular flexibility index (Phi) is 4.81. The topological polar surface area (TPSA) is 47.6 Å². The number of rotatable bonds is 5. The van der Waals surface area contributed by atoms with Crippen molar-refractivity contribution in [2.45, 2.75) is 0 Å². The quantitative estimate of drug-likeness (QED) is 0.613. The van der Waals surface area contributed by atoms with Crippen molar-refractivity contribution in [3.8, 4) is 0 Å². The van der Waals surface area contributed by atoms with Gasteiger partial charge in [0.05, 0.1) is 13.2 Å². The zero-order chi connectivity index (χ0) is 12.0. The maximum Gasteiger partial charge on any atom is 0.280 e. The van der Waals surface area contributed by atoms with Crippen LogP contribution in [0.2, 0.25) is 0 Å². The van der Waals surface area contributed by atoms with E-state index in [0.717, 1.165) is 12.1 Å². The summed E-state index contributed by atoms with van der Waals surface area (Å²) in [7, 11) is 1.46. The molecular formula is C10H11F2NO3. The summed E-state index contributed by atoms with van der Waals surface area (Å²) in [5, 5.41) is 0. The molecule has 0 radical (unpaired) electrons. The third kappa shape index (κ3) is 3.25. The molecule has 0 atom stereocenters. The van der Waals surface area contributed by atoms with Gasteiger partial charge in [0, 0.05) is 7.11 Å². The predicted molar refractivity (Wildman–Crippen MR) is 51.7 cm³/mol. The Hall–Kier alpha value is -1.53. The number of benzene rings is 1. The molecule has 0 unspecified atom stereocenters. The van der Waals surface area contributed by atoms with E-state index in [1.165, 1.54) is 13.2 Å². The lowest BCUT2D eigenvalue weighted by Crippen LogP contribution is -2.27. The van der Waals surface area contributed by atoms with Crippen LogP contribution >= 0.6 is 0 Å². The maximum absolute atomic E-state index is 13.1. The van der Waals surface area contributed by atoms with Crippen LogP contribution in [-0.2, 0) is 9.57 Å². The number of hydrogen-bond donors (Lipinski definition) is 1. The number of carbonyl (C=O) groups excluding carboxylic acids is 1. The molecule has 1 aromatic rings. The Labute approximate surface area is 91.1 Å². The Morgan fingerprint density at radius 3 is 2.50 bits per heavy atom. The molecule has 4 nitrogen and oxygen atoms in total. The van der Waals surface area contributed by atoms with Crippen LogP contribution in [0.1, 0.15) is 10.4 Å². The molecule has 0 saturated heterocycles. The van der Waals surface area contributed by atoms with Crippen molar-refractivity contribution in [2.75, 3.05) is 20.3 Å². The second kappa shape index (κ2) is 6.14. The van der Waals surface area contributed by atoms with Gasteiger partial charge in [-0.25, -0.2) is 14.3 Å². The lowest BCUT2D eigenvalue weighted by molar-refractivity contribution is 0.00840. The standard InChI is InChI=1S/C10H11F2NO3/c1-15-5-6-16-13-10(14)9-7(11)3-2-4-8(9)12/h2-4H,5-6H2,1H3,(H,13,14). The molecule has 1 aromatic carbocycles. The van der Waals surface area contributed by atoms with E-state index in [0.29, 0.717) is 0 Å². The normalized spacial score (nSPS) is 10.2. The fourth-order valence-corrected chi connectivity index (χ4v) is 1.01. The van der Waals surface area contributed by atoms with E-state index in [9.17, 15) is 13.6 Å². The number of nitrogens with one attached hydrogen (secondary N) is 1. The third-order valence-electron chi connectivity index (χ3n) is 1.74. The SMILES string of the molecule is COCCONC(=O)c1c(F)cccc1F. The van der Waals surface area contributed by atoms with Gasteiger partial charge in [-0.3, -0.25) is 9.63 Å². The van der Waals surface area contributed by atoms with E-state index >= 15 is 0 Å². The largest absolute Gasteiger partial charge is 0.382 e. The van der Waals surface area contributed by atoms with Crippen molar-refractivity contribution in [1.29, 1.82) is 0 Å². The Morgan fingerprint density at radius 2 is 1.94 bits per heavy atom. The minimum atomic E-state index is -0.966. The van der Waals surface area contributed by atoms with E-state index in [4.69, 9.17) is 0 Å². The summed E-state index contributed by atoms with van der Waals surface area (Å²) < 4.78 is 30.8. The first-order chi connectivity index (χ1) is 7.66. The fraction of sp³-hybridized carbons (Fsp3) is 0.300. The van der Waals surface area contributed by atoms with Gasteiger partial charge < -0.3 is 4.74 Å². The van der Waals surface area contributed by atoms with Crippen LogP contribution in [0.15, 0.2) is 18.2 Å². The van der Waals surface area contributed by atoms with Gasteiger partial charge in [-0.1, -0.05) is 6.07 Å². The highest BCUT2D eigenvalue weighted by molar-refractivity contribution is 5.93. The summed E-state index contributed by atoms with van der Waals surface area (Å²) >= 11 is 0. The van der Waals surface area contributed by atoms with Gasteiger partial charge in [-0.2, -0.15) is 0 Å². The highest BCUT2D eigenvalue weighted by atomic mass is 19.1. The van der Waals surface area contributed by atoms with Crippen LogP contribution in [-0.4, -0.2) is 26.2 Å². The van der Waals surface area contributed by atoms with Crippen LogP contribution < -0.4 is 5.48 Å². The van der Waals surface area contributed by atoms with Crippen molar-refractivity contribution >= 4 is 5.91 Å². The summed E-state index contributed by atoms with van der Waals surface area (Å²) in [6.45, 7) is 0.359. The molecule has 0 aromatic heterocycles. The number of hydrogen-bond acceptors (Lipinski definition) is 3. The molecule has 0 fully saturated rings. The molecule has 6 heteroatoms. The van der Waals surface area contributed by atoms with E-state index < -0.39 is 23.1 Å². The fourth-order valence-electron chi connectivity index (χ4n) is 1.01. The minimum Gasteiger partial charge on any atom is -0.382 e. The first kappa shape index (κ1) is 12.5. The number of hydroxylamine groups is 1. The van der Waals surface area contributed by atoms with Gasteiger partial charge in [-0.15, -0.1) is 0 Å². The molecule has 0 aliphatic heterocycles. The average molecular weight is 231 g/mol.